The lowest BCUT2D eigenvalue weighted by Gasteiger charge is -2.17. The highest BCUT2D eigenvalue weighted by Gasteiger charge is 2.47. The molecule has 0 saturated carbocycles. The average Bonchev–Trinajstić information content (AvgIpc) is 2.98. The van der Waals surface area contributed by atoms with Gasteiger partial charge in [0.25, 0.3) is 11.6 Å². The van der Waals surface area contributed by atoms with Gasteiger partial charge in [-0.05, 0) is 25.8 Å². The Balaban J connectivity index is 1.61. The molecule has 1 N–H and O–H groups in total. The molecule has 3 rings (SSSR count). The number of carbonyl (C=O) groups excluding carboxylic acids is 4. The van der Waals surface area contributed by atoms with Gasteiger partial charge in [-0.15, -0.1) is 0 Å². The van der Waals surface area contributed by atoms with E-state index in [0.717, 1.165) is 11.0 Å². The lowest BCUT2D eigenvalue weighted by atomic mass is 9.85. The van der Waals surface area contributed by atoms with Crippen LogP contribution in [0, 0.1) is 22.0 Å². The molecular weight excluding hydrogens is 410 g/mol. The van der Waals surface area contributed by atoms with Gasteiger partial charge in [0.05, 0.1) is 29.6 Å². The molecule has 1 aromatic rings. The van der Waals surface area contributed by atoms with Crippen LogP contribution in [0.1, 0.15) is 19.8 Å². The maximum atomic E-state index is 12.4. The van der Waals surface area contributed by atoms with E-state index in [-0.39, 0.29) is 17.1 Å². The molecule has 1 aliphatic carbocycles. The van der Waals surface area contributed by atoms with E-state index in [1.54, 1.807) is 0 Å². The number of allylic oxidation sites excluding steroid dienone is 2. The highest BCUT2D eigenvalue weighted by molar-refractivity contribution is 6.07. The summed E-state index contributed by atoms with van der Waals surface area (Å²) in [6, 6.07) is 3.65. The number of nitrogens with zero attached hydrogens (tertiary/aromatic N) is 2. The van der Waals surface area contributed by atoms with Crippen LogP contribution in [0.25, 0.3) is 0 Å². The smallest absolute Gasteiger partial charge is 0.326 e. The Kier molecular flexibility index (Phi) is 6.33. The zero-order valence-corrected chi connectivity index (χ0v) is 16.9. The summed E-state index contributed by atoms with van der Waals surface area (Å²) in [6.07, 6.45) is 3.29. The van der Waals surface area contributed by atoms with Gasteiger partial charge in [-0.3, -0.25) is 34.2 Å². The number of esters is 1. The topological polar surface area (TPSA) is 145 Å². The fraction of sp³-hybridized carbons (Fsp3) is 0.400. The van der Waals surface area contributed by atoms with Gasteiger partial charge in [0.15, 0.2) is 6.10 Å². The van der Waals surface area contributed by atoms with Crippen LogP contribution in [0.3, 0.4) is 0 Å². The molecule has 1 fully saturated rings. The van der Waals surface area contributed by atoms with Crippen molar-refractivity contribution in [3.63, 3.8) is 0 Å². The van der Waals surface area contributed by atoms with Crippen molar-refractivity contribution < 1.29 is 33.6 Å². The summed E-state index contributed by atoms with van der Waals surface area (Å²) in [6.45, 7) is 0.719. The van der Waals surface area contributed by atoms with E-state index in [2.05, 4.69) is 5.32 Å². The number of nitro groups is 1. The van der Waals surface area contributed by atoms with Crippen molar-refractivity contribution in [1.29, 1.82) is 0 Å². The van der Waals surface area contributed by atoms with Crippen molar-refractivity contribution in [3.8, 4) is 5.75 Å². The first-order valence-electron chi connectivity index (χ1n) is 9.56. The molecule has 3 amide bonds. The summed E-state index contributed by atoms with van der Waals surface area (Å²) in [5, 5.41) is 13.4. The molecule has 164 valence electrons. The van der Waals surface area contributed by atoms with Gasteiger partial charge in [0, 0.05) is 12.1 Å². The van der Waals surface area contributed by atoms with Crippen molar-refractivity contribution in [2.75, 3.05) is 19.0 Å². The first-order valence-corrected chi connectivity index (χ1v) is 9.56. The van der Waals surface area contributed by atoms with Crippen LogP contribution in [0.4, 0.5) is 11.4 Å². The number of amides is 3. The number of methoxy groups -OCH3 is 1. The van der Waals surface area contributed by atoms with Crippen LogP contribution >= 0.6 is 0 Å². The van der Waals surface area contributed by atoms with Crippen LogP contribution < -0.4 is 10.1 Å². The number of benzene rings is 1. The molecule has 3 atom stereocenters. The number of imide groups is 1. The third kappa shape index (κ3) is 4.55. The number of nitro benzene ring substituents is 1. The second kappa shape index (κ2) is 8.94. The van der Waals surface area contributed by atoms with Gasteiger partial charge >= 0.3 is 5.97 Å². The molecule has 31 heavy (non-hydrogen) atoms. The zero-order chi connectivity index (χ0) is 22.7. The highest BCUT2D eigenvalue weighted by atomic mass is 16.6. The lowest BCUT2D eigenvalue weighted by Crippen LogP contribution is -2.39. The number of anilines is 1. The number of non-ortho nitro benzene ring substituents is 1. The Morgan fingerprint density at radius 3 is 2.39 bits per heavy atom. The Labute approximate surface area is 177 Å². The van der Waals surface area contributed by atoms with E-state index in [0.29, 0.717) is 12.8 Å². The van der Waals surface area contributed by atoms with Crippen molar-refractivity contribution in [2.45, 2.75) is 25.9 Å². The van der Waals surface area contributed by atoms with Gasteiger partial charge in [0.1, 0.15) is 12.3 Å². The van der Waals surface area contributed by atoms with Crippen molar-refractivity contribution in [3.05, 3.63) is 40.5 Å². The van der Waals surface area contributed by atoms with Gasteiger partial charge in [-0.1, -0.05) is 12.2 Å². The Bertz CT molecular complexity index is 947. The van der Waals surface area contributed by atoms with Crippen LogP contribution in [-0.2, 0) is 23.9 Å². The van der Waals surface area contributed by atoms with Gasteiger partial charge in [0.2, 0.25) is 11.8 Å². The lowest BCUT2D eigenvalue weighted by molar-refractivity contribution is -0.384. The summed E-state index contributed by atoms with van der Waals surface area (Å²) in [5.41, 5.74) is -0.228. The number of fused-ring (bicyclic) bond motifs is 1. The van der Waals surface area contributed by atoms with E-state index in [1.165, 1.54) is 26.2 Å². The summed E-state index contributed by atoms with van der Waals surface area (Å²) < 4.78 is 10.1. The molecule has 1 aliphatic heterocycles. The molecule has 1 aromatic carbocycles. The van der Waals surface area contributed by atoms with Gasteiger partial charge in [-0.25, -0.2) is 0 Å². The summed E-state index contributed by atoms with van der Waals surface area (Å²) in [5.74, 6) is -3.27. The standard InChI is InChI=1S/C20H21N3O8/c1-11(18(25)21-15-9-12(23(28)29)7-8-16(15)30-2)31-17(24)10-22-19(26)13-5-3-4-6-14(13)20(22)27/h3-4,7-9,11,13-14H,5-6,10H2,1-2H3,(H,21,25)/t11-,13-,14-/m0/s1. The summed E-state index contributed by atoms with van der Waals surface area (Å²) in [4.78, 5) is 60.7. The minimum Gasteiger partial charge on any atom is -0.495 e. The molecule has 0 aromatic heterocycles. The molecule has 1 heterocycles. The van der Waals surface area contributed by atoms with E-state index in [4.69, 9.17) is 9.47 Å². The summed E-state index contributed by atoms with van der Waals surface area (Å²) in [7, 11) is 1.33. The molecule has 0 spiro atoms. The van der Waals surface area contributed by atoms with Crippen LogP contribution in [0.5, 0.6) is 5.75 Å². The maximum absolute atomic E-state index is 12.4. The zero-order valence-electron chi connectivity index (χ0n) is 16.9. The highest BCUT2D eigenvalue weighted by Crippen LogP contribution is 2.35. The normalized spacial score (nSPS) is 20.8. The van der Waals surface area contributed by atoms with Gasteiger partial charge in [-0.2, -0.15) is 0 Å². The SMILES string of the molecule is COc1ccc([N+](=O)[O-])cc1NC(=O)[C@H](C)OC(=O)CN1C(=O)[C@H]2CC=CC[C@@H]2C1=O. The van der Waals surface area contributed by atoms with E-state index >= 15 is 0 Å². The Morgan fingerprint density at radius 2 is 1.84 bits per heavy atom. The van der Waals surface area contributed by atoms with Crippen molar-refractivity contribution >= 4 is 35.1 Å². The molecule has 2 aliphatic rings. The number of hydrogen-bond donors (Lipinski definition) is 1. The van der Waals surface area contributed by atoms with Crippen LogP contribution in [-0.4, -0.2) is 53.3 Å². The Hall–Kier alpha value is -3.76. The number of rotatable bonds is 7. The second-order valence-corrected chi connectivity index (χ2v) is 7.18. The molecule has 1 saturated heterocycles. The number of ether oxygens (including phenoxy) is 2. The van der Waals surface area contributed by atoms with E-state index in [1.807, 2.05) is 12.2 Å². The van der Waals surface area contributed by atoms with Gasteiger partial charge < -0.3 is 14.8 Å². The predicted molar refractivity (Wildman–Crippen MR) is 106 cm³/mol. The van der Waals surface area contributed by atoms with E-state index in [9.17, 15) is 29.3 Å². The number of carbonyl (C=O) groups is 4. The molecule has 0 radical (unpaired) electrons. The number of likely N-dealkylation sites (tertiary alicyclic amines) is 1. The fourth-order valence-corrected chi connectivity index (χ4v) is 3.58. The minimum atomic E-state index is -1.28. The molecule has 11 nitrogen and oxygen atoms in total. The van der Waals surface area contributed by atoms with Crippen molar-refractivity contribution in [2.24, 2.45) is 11.8 Å². The quantitative estimate of drug-likeness (QED) is 0.224. The van der Waals surface area contributed by atoms with Crippen LogP contribution in [0.15, 0.2) is 30.4 Å². The fourth-order valence-electron chi connectivity index (χ4n) is 3.58. The molecular formula is C20H21N3O8. The minimum absolute atomic E-state index is 0.0334. The first kappa shape index (κ1) is 21.9. The largest absolute Gasteiger partial charge is 0.495 e. The third-order valence-electron chi connectivity index (χ3n) is 5.22. The first-order chi connectivity index (χ1) is 14.7. The number of nitrogens with one attached hydrogen (secondary N) is 1. The Morgan fingerprint density at radius 1 is 1.23 bits per heavy atom. The monoisotopic (exact) mass is 431 g/mol. The molecule has 0 unspecified atom stereocenters. The molecule has 0 bridgehead atoms. The van der Waals surface area contributed by atoms with Crippen LogP contribution in [0.2, 0.25) is 0 Å². The average molecular weight is 431 g/mol. The van der Waals surface area contributed by atoms with Crippen molar-refractivity contribution in [1.82, 2.24) is 4.90 Å². The second-order valence-electron chi connectivity index (χ2n) is 7.18. The summed E-state index contributed by atoms with van der Waals surface area (Å²) >= 11 is 0. The van der Waals surface area contributed by atoms with E-state index < -0.39 is 53.1 Å². The third-order valence-corrected chi connectivity index (χ3v) is 5.22. The molecule has 11 heteroatoms. The number of hydrogen-bond acceptors (Lipinski definition) is 8. The predicted octanol–water partition coefficient (Wildman–Crippen LogP) is 1.42. The maximum Gasteiger partial charge on any atom is 0.326 e.